The second kappa shape index (κ2) is 10.0. The smallest absolute Gasteiger partial charge is 0.0544 e. The maximum absolute atomic E-state index is 3.81. The van der Waals surface area contributed by atoms with Crippen molar-refractivity contribution in [1.29, 1.82) is 0 Å². The van der Waals surface area contributed by atoms with E-state index in [1.165, 1.54) is 103 Å². The SMILES string of the molecule is c1ccc2c(c1)[nH]c1c(-c3ccc4c5ccccc5c5ccccc5c4c3)cc(-c3ccc4c5ccccc5c5ccccc5c4c3)cc12. The van der Waals surface area contributed by atoms with Gasteiger partial charge < -0.3 is 4.98 Å². The van der Waals surface area contributed by atoms with Gasteiger partial charge in [-0.3, -0.25) is 0 Å². The van der Waals surface area contributed by atoms with Crippen molar-refractivity contribution in [3.05, 3.63) is 170 Å². The van der Waals surface area contributed by atoms with Crippen LogP contribution in [0, 0.1) is 0 Å². The first-order chi connectivity index (χ1) is 24.3. The zero-order chi connectivity index (χ0) is 32.1. The molecule has 0 saturated carbocycles. The molecule has 0 radical (unpaired) electrons. The quantitative estimate of drug-likeness (QED) is 0.185. The van der Waals surface area contributed by atoms with Crippen molar-refractivity contribution in [3.63, 3.8) is 0 Å². The molecule has 11 aromatic rings. The molecule has 0 fully saturated rings. The predicted molar refractivity (Wildman–Crippen MR) is 212 cm³/mol. The Balaban J connectivity index is 1.21. The Kier molecular flexibility index (Phi) is 5.45. The highest BCUT2D eigenvalue weighted by Crippen LogP contribution is 2.43. The average Bonchev–Trinajstić information content (AvgIpc) is 3.56. The molecule has 0 aliphatic heterocycles. The van der Waals surface area contributed by atoms with Gasteiger partial charge in [-0.05, 0) is 112 Å². The number of nitrogens with one attached hydrogen (secondary N) is 1. The number of benzene rings is 10. The zero-order valence-corrected chi connectivity index (χ0v) is 26.7. The van der Waals surface area contributed by atoms with Crippen LogP contribution in [0.25, 0.3) is 109 Å². The van der Waals surface area contributed by atoms with Crippen LogP contribution in [0.1, 0.15) is 0 Å². The van der Waals surface area contributed by atoms with E-state index in [0.29, 0.717) is 0 Å². The summed E-state index contributed by atoms with van der Waals surface area (Å²) in [6.07, 6.45) is 0. The first-order valence-corrected chi connectivity index (χ1v) is 17.0. The van der Waals surface area contributed by atoms with Crippen LogP contribution in [-0.2, 0) is 0 Å². The molecule has 1 heteroatoms. The summed E-state index contributed by atoms with van der Waals surface area (Å²) in [4.78, 5) is 3.81. The van der Waals surface area contributed by atoms with Gasteiger partial charge in [0.05, 0.1) is 5.52 Å². The van der Waals surface area contributed by atoms with Crippen molar-refractivity contribution in [2.75, 3.05) is 0 Å². The standard InChI is InChI=1S/C48H29N/c1-3-15-36-32(11-1)34-13-5-7-17-38(34)44-25-29(21-23-40(36)44)31-27-43(48-46(28-31)42-19-9-10-20-47(42)49-48)30-22-24-41-37-16-4-2-12-33(37)35-14-6-8-18-39(35)45(41)26-30/h1-28,49H. The summed E-state index contributed by atoms with van der Waals surface area (Å²) >= 11 is 0. The van der Waals surface area contributed by atoms with Crippen molar-refractivity contribution in [2.45, 2.75) is 0 Å². The lowest BCUT2D eigenvalue weighted by atomic mass is 9.89. The lowest BCUT2D eigenvalue weighted by molar-refractivity contribution is 1.54. The first kappa shape index (κ1) is 26.6. The van der Waals surface area contributed by atoms with E-state index in [4.69, 9.17) is 0 Å². The normalized spacial score (nSPS) is 12.1. The van der Waals surface area contributed by atoms with Gasteiger partial charge in [0.2, 0.25) is 0 Å². The molecule has 0 unspecified atom stereocenters. The number of aromatic nitrogens is 1. The number of fused-ring (bicyclic) bond motifs is 15. The maximum Gasteiger partial charge on any atom is 0.0544 e. The molecule has 1 heterocycles. The third-order valence-electron chi connectivity index (χ3n) is 10.7. The zero-order valence-electron chi connectivity index (χ0n) is 26.7. The van der Waals surface area contributed by atoms with Crippen LogP contribution in [0.3, 0.4) is 0 Å². The van der Waals surface area contributed by atoms with Crippen LogP contribution < -0.4 is 0 Å². The summed E-state index contributed by atoms with van der Waals surface area (Å²) in [5, 5.41) is 18.0. The molecular formula is C48H29N. The molecule has 226 valence electrons. The highest BCUT2D eigenvalue weighted by molar-refractivity contribution is 6.27. The van der Waals surface area contributed by atoms with Crippen molar-refractivity contribution in [3.8, 4) is 22.3 Å². The van der Waals surface area contributed by atoms with Crippen LogP contribution in [0.5, 0.6) is 0 Å². The Hall–Kier alpha value is -6.44. The van der Waals surface area contributed by atoms with Gasteiger partial charge >= 0.3 is 0 Å². The fraction of sp³-hybridized carbons (Fsp3) is 0. The van der Waals surface area contributed by atoms with Crippen LogP contribution in [0.15, 0.2) is 170 Å². The fourth-order valence-electron chi connectivity index (χ4n) is 8.51. The predicted octanol–water partition coefficient (Wildman–Crippen LogP) is 13.6. The molecule has 0 amide bonds. The number of hydrogen-bond donors (Lipinski definition) is 1. The van der Waals surface area contributed by atoms with Crippen molar-refractivity contribution in [1.82, 2.24) is 4.98 Å². The fourth-order valence-corrected chi connectivity index (χ4v) is 8.51. The Morgan fingerprint density at radius 2 is 0.612 bits per heavy atom. The Labute approximate surface area is 282 Å². The molecule has 0 bridgehead atoms. The molecule has 0 spiro atoms. The topological polar surface area (TPSA) is 15.8 Å². The van der Waals surface area contributed by atoms with Gasteiger partial charge in [-0.25, -0.2) is 0 Å². The molecule has 0 saturated heterocycles. The molecule has 0 atom stereocenters. The number of para-hydroxylation sites is 1. The Morgan fingerprint density at radius 1 is 0.245 bits per heavy atom. The third-order valence-corrected chi connectivity index (χ3v) is 10.7. The number of rotatable bonds is 2. The number of H-pyrrole nitrogens is 1. The molecule has 1 aromatic heterocycles. The molecule has 1 nitrogen and oxygen atoms in total. The van der Waals surface area contributed by atoms with Crippen molar-refractivity contribution >= 4 is 86.4 Å². The van der Waals surface area contributed by atoms with Gasteiger partial charge in [0.25, 0.3) is 0 Å². The molecule has 0 aliphatic carbocycles. The van der Waals surface area contributed by atoms with Crippen LogP contribution in [0.2, 0.25) is 0 Å². The largest absolute Gasteiger partial charge is 0.354 e. The molecule has 10 aromatic carbocycles. The summed E-state index contributed by atoms with van der Waals surface area (Å²) in [6.45, 7) is 0. The Morgan fingerprint density at radius 3 is 1.12 bits per heavy atom. The van der Waals surface area contributed by atoms with Crippen molar-refractivity contribution in [2.24, 2.45) is 0 Å². The molecule has 0 aliphatic rings. The van der Waals surface area contributed by atoms with Crippen molar-refractivity contribution < 1.29 is 0 Å². The van der Waals surface area contributed by atoms with E-state index in [1.807, 2.05) is 0 Å². The molecule has 11 rings (SSSR count). The monoisotopic (exact) mass is 619 g/mol. The van der Waals surface area contributed by atoms with Gasteiger partial charge in [0, 0.05) is 21.9 Å². The summed E-state index contributed by atoms with van der Waals surface area (Å²) in [6, 6.07) is 62.8. The Bertz CT molecular complexity index is 3090. The van der Waals surface area contributed by atoms with Gasteiger partial charge in [0.1, 0.15) is 0 Å². The van der Waals surface area contributed by atoms with Gasteiger partial charge in [-0.15, -0.1) is 0 Å². The van der Waals surface area contributed by atoms with E-state index in [1.54, 1.807) is 0 Å². The van der Waals surface area contributed by atoms with Gasteiger partial charge in [0.15, 0.2) is 0 Å². The van der Waals surface area contributed by atoms with Crippen LogP contribution >= 0.6 is 0 Å². The maximum atomic E-state index is 3.81. The summed E-state index contributed by atoms with van der Waals surface area (Å²) in [5.41, 5.74) is 7.19. The minimum atomic E-state index is 1.16. The minimum Gasteiger partial charge on any atom is -0.354 e. The van der Waals surface area contributed by atoms with E-state index >= 15 is 0 Å². The van der Waals surface area contributed by atoms with E-state index in [-0.39, 0.29) is 0 Å². The van der Waals surface area contributed by atoms with Gasteiger partial charge in [-0.1, -0.05) is 140 Å². The van der Waals surface area contributed by atoms with Gasteiger partial charge in [-0.2, -0.15) is 0 Å². The second-order valence-corrected chi connectivity index (χ2v) is 13.3. The lowest BCUT2D eigenvalue weighted by Gasteiger charge is -2.14. The summed E-state index contributed by atoms with van der Waals surface area (Å²) in [7, 11) is 0. The van der Waals surface area contributed by atoms with E-state index in [2.05, 4.69) is 175 Å². The second-order valence-electron chi connectivity index (χ2n) is 13.3. The third kappa shape index (κ3) is 3.82. The van der Waals surface area contributed by atoms with E-state index in [0.717, 1.165) is 5.52 Å². The highest BCUT2D eigenvalue weighted by atomic mass is 14.7. The van der Waals surface area contributed by atoms with Crippen LogP contribution in [0.4, 0.5) is 0 Å². The molecule has 49 heavy (non-hydrogen) atoms. The van der Waals surface area contributed by atoms with E-state index in [9.17, 15) is 0 Å². The first-order valence-electron chi connectivity index (χ1n) is 17.0. The molecule has 1 N–H and O–H groups in total. The van der Waals surface area contributed by atoms with E-state index < -0.39 is 0 Å². The minimum absolute atomic E-state index is 1.16. The lowest BCUT2D eigenvalue weighted by Crippen LogP contribution is -1.88. The van der Waals surface area contributed by atoms with Crippen LogP contribution in [-0.4, -0.2) is 4.98 Å². The number of hydrogen-bond acceptors (Lipinski definition) is 0. The highest BCUT2D eigenvalue weighted by Gasteiger charge is 2.16. The summed E-state index contributed by atoms with van der Waals surface area (Å²) in [5.74, 6) is 0. The number of aromatic amines is 1. The summed E-state index contributed by atoms with van der Waals surface area (Å²) < 4.78 is 0. The average molecular weight is 620 g/mol. The molecular weight excluding hydrogens is 591 g/mol.